The molecule has 2 heterocycles. The summed E-state index contributed by atoms with van der Waals surface area (Å²) in [6.45, 7) is 0. The summed E-state index contributed by atoms with van der Waals surface area (Å²) in [7, 11) is 0. The van der Waals surface area contributed by atoms with Crippen molar-refractivity contribution in [2.75, 3.05) is 5.32 Å². The molecule has 0 radical (unpaired) electrons. The first-order valence-corrected chi connectivity index (χ1v) is 8.97. The SMILES string of the molecule is O=C(Nc1nc2c3ccccc3nc(-c3ccccc3)n2n1)c1ccccc1F. The van der Waals surface area contributed by atoms with Crippen LogP contribution in [0.3, 0.4) is 0 Å². The fourth-order valence-corrected chi connectivity index (χ4v) is 3.20. The number of hydrogen-bond acceptors (Lipinski definition) is 4. The molecule has 2 aromatic heterocycles. The van der Waals surface area contributed by atoms with Gasteiger partial charge in [0.25, 0.3) is 5.91 Å². The van der Waals surface area contributed by atoms with Gasteiger partial charge in [-0.25, -0.2) is 9.37 Å². The summed E-state index contributed by atoms with van der Waals surface area (Å²) >= 11 is 0. The van der Waals surface area contributed by atoms with Gasteiger partial charge in [0.2, 0.25) is 5.95 Å². The van der Waals surface area contributed by atoms with Crippen molar-refractivity contribution in [2.45, 2.75) is 0 Å². The summed E-state index contributed by atoms with van der Waals surface area (Å²) in [6.07, 6.45) is 0. The van der Waals surface area contributed by atoms with Gasteiger partial charge in [-0.1, -0.05) is 54.6 Å². The molecular formula is C22H14FN5O. The van der Waals surface area contributed by atoms with E-state index in [-0.39, 0.29) is 11.5 Å². The Kier molecular flexibility index (Phi) is 3.98. The normalized spacial score (nSPS) is 11.1. The molecule has 0 saturated heterocycles. The van der Waals surface area contributed by atoms with E-state index in [1.807, 2.05) is 54.6 Å². The van der Waals surface area contributed by atoms with E-state index in [0.29, 0.717) is 11.5 Å². The zero-order valence-electron chi connectivity index (χ0n) is 15.1. The molecule has 140 valence electrons. The van der Waals surface area contributed by atoms with Gasteiger partial charge >= 0.3 is 0 Å². The van der Waals surface area contributed by atoms with E-state index < -0.39 is 11.7 Å². The van der Waals surface area contributed by atoms with E-state index in [2.05, 4.69) is 15.4 Å². The molecule has 0 saturated carbocycles. The van der Waals surface area contributed by atoms with Gasteiger partial charge in [0, 0.05) is 10.9 Å². The predicted octanol–water partition coefficient (Wildman–Crippen LogP) is 4.34. The van der Waals surface area contributed by atoms with Crippen LogP contribution in [0.25, 0.3) is 27.9 Å². The molecule has 0 atom stereocenters. The van der Waals surface area contributed by atoms with Gasteiger partial charge in [-0.2, -0.15) is 9.50 Å². The number of rotatable bonds is 3. The van der Waals surface area contributed by atoms with Crippen LogP contribution in [0.1, 0.15) is 10.4 Å². The number of aromatic nitrogens is 4. The summed E-state index contributed by atoms with van der Waals surface area (Å²) < 4.78 is 15.5. The van der Waals surface area contributed by atoms with Crippen molar-refractivity contribution in [1.82, 2.24) is 19.6 Å². The minimum atomic E-state index is -0.613. The number of hydrogen-bond donors (Lipinski definition) is 1. The quantitative estimate of drug-likeness (QED) is 0.503. The van der Waals surface area contributed by atoms with Crippen LogP contribution in [0.4, 0.5) is 10.3 Å². The highest BCUT2D eigenvalue weighted by Gasteiger charge is 2.17. The largest absolute Gasteiger partial charge is 0.289 e. The Morgan fingerprint density at radius 1 is 0.862 bits per heavy atom. The van der Waals surface area contributed by atoms with E-state index in [1.54, 1.807) is 10.6 Å². The molecule has 7 heteroatoms. The van der Waals surface area contributed by atoms with Gasteiger partial charge in [-0.05, 0) is 24.3 Å². The number of carbonyl (C=O) groups is 1. The van der Waals surface area contributed by atoms with Gasteiger partial charge in [-0.3, -0.25) is 10.1 Å². The van der Waals surface area contributed by atoms with Crippen molar-refractivity contribution in [3.8, 4) is 11.4 Å². The van der Waals surface area contributed by atoms with Gasteiger partial charge in [0.1, 0.15) is 5.82 Å². The van der Waals surface area contributed by atoms with Gasteiger partial charge in [0.05, 0.1) is 11.1 Å². The number of nitrogens with zero attached hydrogens (tertiary/aromatic N) is 4. The minimum absolute atomic E-state index is 0.0716. The lowest BCUT2D eigenvalue weighted by atomic mass is 10.2. The molecule has 0 aliphatic carbocycles. The van der Waals surface area contributed by atoms with E-state index in [1.165, 1.54) is 18.2 Å². The van der Waals surface area contributed by atoms with Crippen LogP contribution < -0.4 is 5.32 Å². The molecule has 1 N–H and O–H groups in total. The number of carbonyl (C=O) groups excluding carboxylic acids is 1. The first-order chi connectivity index (χ1) is 14.2. The Morgan fingerprint density at radius 2 is 1.59 bits per heavy atom. The number of para-hydroxylation sites is 1. The lowest BCUT2D eigenvalue weighted by Crippen LogP contribution is -2.14. The van der Waals surface area contributed by atoms with Crippen LogP contribution in [0.5, 0.6) is 0 Å². The van der Waals surface area contributed by atoms with Crippen LogP contribution in [0.15, 0.2) is 78.9 Å². The second-order valence-electron chi connectivity index (χ2n) is 6.42. The molecular weight excluding hydrogens is 369 g/mol. The number of halogens is 1. The maximum absolute atomic E-state index is 13.9. The Balaban J connectivity index is 1.66. The molecule has 5 aromatic rings. The molecule has 6 nitrogen and oxygen atoms in total. The smallest absolute Gasteiger partial charge is 0.261 e. The summed E-state index contributed by atoms with van der Waals surface area (Å²) in [4.78, 5) is 21.7. The van der Waals surface area contributed by atoms with Gasteiger partial charge < -0.3 is 0 Å². The topological polar surface area (TPSA) is 72.2 Å². The van der Waals surface area contributed by atoms with Crippen molar-refractivity contribution in [2.24, 2.45) is 0 Å². The minimum Gasteiger partial charge on any atom is -0.289 e. The molecule has 0 unspecified atom stereocenters. The van der Waals surface area contributed by atoms with E-state index in [4.69, 9.17) is 4.98 Å². The molecule has 0 aliphatic heterocycles. The number of fused-ring (bicyclic) bond motifs is 3. The molecule has 0 aliphatic rings. The molecule has 3 aromatic carbocycles. The van der Waals surface area contributed by atoms with E-state index in [9.17, 15) is 9.18 Å². The van der Waals surface area contributed by atoms with Crippen LogP contribution >= 0.6 is 0 Å². The van der Waals surface area contributed by atoms with E-state index >= 15 is 0 Å². The number of benzene rings is 3. The monoisotopic (exact) mass is 383 g/mol. The van der Waals surface area contributed by atoms with Crippen molar-refractivity contribution < 1.29 is 9.18 Å². The predicted molar refractivity (Wildman–Crippen MR) is 108 cm³/mol. The standard InChI is InChI=1S/C22H14FN5O/c23-17-12-6-4-10-15(17)21(29)26-22-25-20-16-11-5-7-13-18(16)24-19(28(20)27-22)14-8-2-1-3-9-14/h1-13H,(H,26,27,29). The first kappa shape index (κ1) is 17.0. The molecule has 1 amide bonds. The third kappa shape index (κ3) is 2.98. The fourth-order valence-electron chi connectivity index (χ4n) is 3.20. The summed E-state index contributed by atoms with van der Waals surface area (Å²) in [6, 6.07) is 22.9. The van der Waals surface area contributed by atoms with Crippen LogP contribution in [-0.2, 0) is 0 Å². The Hall–Kier alpha value is -4.13. The van der Waals surface area contributed by atoms with Crippen LogP contribution in [-0.4, -0.2) is 25.5 Å². The molecule has 0 spiro atoms. The van der Waals surface area contributed by atoms with Crippen molar-refractivity contribution in [3.05, 3.63) is 90.2 Å². The Labute approximate surface area is 164 Å². The second kappa shape index (κ2) is 6.79. The maximum Gasteiger partial charge on any atom is 0.261 e. The lowest BCUT2D eigenvalue weighted by molar-refractivity contribution is 0.102. The van der Waals surface area contributed by atoms with Crippen molar-refractivity contribution in [3.63, 3.8) is 0 Å². The fraction of sp³-hybridized carbons (Fsp3) is 0. The second-order valence-corrected chi connectivity index (χ2v) is 6.42. The maximum atomic E-state index is 13.9. The zero-order chi connectivity index (χ0) is 19.8. The zero-order valence-corrected chi connectivity index (χ0v) is 15.1. The van der Waals surface area contributed by atoms with Crippen molar-refractivity contribution in [1.29, 1.82) is 0 Å². The van der Waals surface area contributed by atoms with Crippen LogP contribution in [0, 0.1) is 5.82 Å². The molecule has 0 bridgehead atoms. The third-order valence-corrected chi connectivity index (χ3v) is 4.55. The highest BCUT2D eigenvalue weighted by molar-refractivity contribution is 6.04. The number of anilines is 1. The lowest BCUT2D eigenvalue weighted by Gasteiger charge is -2.06. The first-order valence-electron chi connectivity index (χ1n) is 8.97. The summed E-state index contributed by atoms with van der Waals surface area (Å²) in [5.74, 6) is -0.546. The van der Waals surface area contributed by atoms with E-state index in [0.717, 1.165) is 16.5 Å². The highest BCUT2D eigenvalue weighted by atomic mass is 19.1. The highest BCUT2D eigenvalue weighted by Crippen LogP contribution is 2.25. The van der Waals surface area contributed by atoms with Gasteiger partial charge in [0.15, 0.2) is 11.5 Å². The van der Waals surface area contributed by atoms with Crippen molar-refractivity contribution >= 4 is 28.4 Å². The summed E-state index contributed by atoms with van der Waals surface area (Å²) in [5.41, 5.74) is 2.11. The molecule has 5 rings (SSSR count). The Bertz CT molecular complexity index is 1360. The average molecular weight is 383 g/mol. The van der Waals surface area contributed by atoms with Crippen LogP contribution in [0.2, 0.25) is 0 Å². The summed E-state index contributed by atoms with van der Waals surface area (Å²) in [5, 5.41) is 7.80. The van der Waals surface area contributed by atoms with Gasteiger partial charge in [-0.15, -0.1) is 5.10 Å². The molecule has 0 fully saturated rings. The number of amides is 1. The third-order valence-electron chi connectivity index (χ3n) is 4.55. The Morgan fingerprint density at radius 3 is 2.41 bits per heavy atom. The average Bonchev–Trinajstić information content (AvgIpc) is 3.18. The molecule has 29 heavy (non-hydrogen) atoms. The number of nitrogens with one attached hydrogen (secondary N) is 1.